The number of aliphatic imine (C=N–C) groups is 1. The molecule has 0 saturated heterocycles. The number of dihydropyridines is 1. The van der Waals surface area contributed by atoms with Gasteiger partial charge < -0.3 is 5.32 Å². The molecule has 2 heterocycles. The smallest absolute Gasteiger partial charge is 0.162 e. The summed E-state index contributed by atoms with van der Waals surface area (Å²) in [5.74, 6) is 1.59. The number of nitrogens with one attached hydrogen (secondary N) is 1. The van der Waals surface area contributed by atoms with Gasteiger partial charge >= 0.3 is 0 Å². The number of hydrogen-bond donors (Lipinski definition) is 1. The molecule has 0 atom stereocenters. The molecule has 1 N–H and O–H groups in total. The van der Waals surface area contributed by atoms with Crippen molar-refractivity contribution in [3.8, 4) is 11.4 Å². The number of allylic oxidation sites excluding steroid dienone is 1. The van der Waals surface area contributed by atoms with Crippen LogP contribution >= 0.6 is 0 Å². The Morgan fingerprint density at radius 3 is 2.60 bits per heavy atom. The van der Waals surface area contributed by atoms with Gasteiger partial charge in [0.05, 0.1) is 5.52 Å². The van der Waals surface area contributed by atoms with Crippen LogP contribution in [0.2, 0.25) is 0 Å². The monoisotopic (exact) mass is 328 g/mol. The van der Waals surface area contributed by atoms with Crippen molar-refractivity contribution in [2.45, 2.75) is 19.8 Å². The van der Waals surface area contributed by atoms with Crippen molar-refractivity contribution < 1.29 is 0 Å². The second kappa shape index (κ2) is 6.85. The molecule has 1 aliphatic rings. The van der Waals surface area contributed by atoms with Crippen LogP contribution in [-0.2, 0) is 0 Å². The molecule has 4 nitrogen and oxygen atoms in total. The second-order valence-corrected chi connectivity index (χ2v) is 6.05. The fraction of sp³-hybridized carbons (Fsp3) is 0.190. The molecule has 124 valence electrons. The van der Waals surface area contributed by atoms with Crippen molar-refractivity contribution in [3.05, 3.63) is 66.4 Å². The molecule has 25 heavy (non-hydrogen) atoms. The number of aromatic nitrogens is 2. The van der Waals surface area contributed by atoms with E-state index in [9.17, 15) is 0 Å². The van der Waals surface area contributed by atoms with Crippen LogP contribution in [0.4, 0.5) is 5.82 Å². The van der Waals surface area contributed by atoms with E-state index in [4.69, 9.17) is 9.97 Å². The lowest BCUT2D eigenvalue weighted by atomic mass is 10.1. The van der Waals surface area contributed by atoms with E-state index in [2.05, 4.69) is 29.4 Å². The molecule has 1 aliphatic heterocycles. The zero-order valence-electron chi connectivity index (χ0n) is 14.2. The van der Waals surface area contributed by atoms with Crippen molar-refractivity contribution in [1.29, 1.82) is 0 Å². The number of anilines is 1. The highest BCUT2D eigenvalue weighted by Gasteiger charge is 2.12. The molecule has 0 bridgehead atoms. The minimum Gasteiger partial charge on any atom is -0.343 e. The lowest BCUT2D eigenvalue weighted by molar-refractivity contribution is 0.927. The van der Waals surface area contributed by atoms with Gasteiger partial charge in [-0.3, -0.25) is 4.99 Å². The minimum atomic E-state index is 0.739. The average molecular weight is 328 g/mol. The number of fused-ring (bicyclic) bond motifs is 1. The number of para-hydroxylation sites is 1. The third-order valence-electron chi connectivity index (χ3n) is 4.31. The highest BCUT2D eigenvalue weighted by Crippen LogP contribution is 2.26. The summed E-state index contributed by atoms with van der Waals surface area (Å²) in [4.78, 5) is 14.1. The van der Waals surface area contributed by atoms with E-state index in [1.807, 2.05) is 48.5 Å². The average Bonchev–Trinajstić information content (AvgIpc) is 2.69. The van der Waals surface area contributed by atoms with Gasteiger partial charge in [-0.05, 0) is 24.6 Å². The van der Waals surface area contributed by atoms with Crippen LogP contribution in [0.15, 0.2) is 71.4 Å². The molecule has 0 saturated carbocycles. The van der Waals surface area contributed by atoms with Crippen molar-refractivity contribution in [2.75, 3.05) is 11.9 Å². The molecule has 0 spiro atoms. The van der Waals surface area contributed by atoms with E-state index in [0.717, 1.165) is 58.9 Å². The summed E-state index contributed by atoms with van der Waals surface area (Å²) in [5, 5.41) is 4.56. The van der Waals surface area contributed by atoms with Gasteiger partial charge in [0.2, 0.25) is 0 Å². The van der Waals surface area contributed by atoms with Crippen LogP contribution in [0.25, 0.3) is 22.3 Å². The molecule has 4 heteroatoms. The molecule has 3 aromatic rings. The lowest BCUT2D eigenvalue weighted by Gasteiger charge is -2.16. The first-order valence-corrected chi connectivity index (χ1v) is 8.66. The first-order chi connectivity index (χ1) is 12.3. The van der Waals surface area contributed by atoms with Crippen molar-refractivity contribution in [2.24, 2.45) is 4.99 Å². The van der Waals surface area contributed by atoms with E-state index in [0.29, 0.717) is 0 Å². The first kappa shape index (κ1) is 15.5. The maximum absolute atomic E-state index is 4.81. The topological polar surface area (TPSA) is 50.2 Å². The fourth-order valence-electron chi connectivity index (χ4n) is 2.99. The zero-order valence-corrected chi connectivity index (χ0v) is 14.2. The van der Waals surface area contributed by atoms with Gasteiger partial charge in [-0.15, -0.1) is 0 Å². The summed E-state index contributed by atoms with van der Waals surface area (Å²) in [7, 11) is 0. The van der Waals surface area contributed by atoms with Crippen LogP contribution in [-0.4, -0.2) is 22.2 Å². The molecule has 1 aromatic heterocycles. The number of rotatable bonds is 4. The van der Waals surface area contributed by atoms with Crippen LogP contribution in [0.5, 0.6) is 0 Å². The summed E-state index contributed by atoms with van der Waals surface area (Å²) < 4.78 is 0. The van der Waals surface area contributed by atoms with E-state index >= 15 is 0 Å². The van der Waals surface area contributed by atoms with Crippen molar-refractivity contribution in [3.63, 3.8) is 0 Å². The molecule has 0 radical (unpaired) electrons. The van der Waals surface area contributed by atoms with Gasteiger partial charge in [0, 0.05) is 35.3 Å². The Balaban J connectivity index is 1.79. The molecular formula is C21H20N4. The number of benzene rings is 2. The molecule has 2 aromatic carbocycles. The van der Waals surface area contributed by atoms with Gasteiger partial charge in [-0.2, -0.15) is 0 Å². The first-order valence-electron chi connectivity index (χ1n) is 8.66. The van der Waals surface area contributed by atoms with Gasteiger partial charge in [-0.1, -0.05) is 49.4 Å². The highest BCUT2D eigenvalue weighted by atomic mass is 15.0. The molecule has 4 rings (SSSR count). The number of hydrogen-bond acceptors (Lipinski definition) is 4. The second-order valence-electron chi connectivity index (χ2n) is 6.05. The standard InChI is InChI=1S/C21H20N4/c1-2-16-14-17(12-13-22-16)23-21-18-10-6-7-11-19(18)24-20(25-21)15-8-4-3-5-9-15/h3-11,14H,2,12-13H2,1H3,(H,23,24,25). The minimum absolute atomic E-state index is 0.739. The Morgan fingerprint density at radius 2 is 1.76 bits per heavy atom. The summed E-state index contributed by atoms with van der Waals surface area (Å²) in [6.07, 6.45) is 4.00. The molecule has 0 aliphatic carbocycles. The Morgan fingerprint density at radius 1 is 0.960 bits per heavy atom. The predicted octanol–water partition coefficient (Wildman–Crippen LogP) is 4.85. The van der Waals surface area contributed by atoms with E-state index < -0.39 is 0 Å². The third kappa shape index (κ3) is 3.29. The Bertz CT molecular complexity index is 958. The summed E-state index contributed by atoms with van der Waals surface area (Å²) in [6, 6.07) is 18.2. The maximum atomic E-state index is 4.81. The highest BCUT2D eigenvalue weighted by molar-refractivity contribution is 5.97. The lowest BCUT2D eigenvalue weighted by Crippen LogP contribution is -2.11. The van der Waals surface area contributed by atoms with Gasteiger partial charge in [0.15, 0.2) is 5.82 Å². The van der Waals surface area contributed by atoms with Crippen molar-refractivity contribution in [1.82, 2.24) is 9.97 Å². The normalized spacial score (nSPS) is 14.1. The van der Waals surface area contributed by atoms with E-state index in [-0.39, 0.29) is 0 Å². The summed E-state index contributed by atoms with van der Waals surface area (Å²) in [6.45, 7) is 2.96. The third-order valence-corrected chi connectivity index (χ3v) is 4.31. The van der Waals surface area contributed by atoms with Crippen LogP contribution in [0.3, 0.4) is 0 Å². The Hall–Kier alpha value is -3.01. The van der Waals surface area contributed by atoms with E-state index in [1.54, 1.807) is 0 Å². The Labute approximate surface area is 147 Å². The fourth-order valence-corrected chi connectivity index (χ4v) is 2.99. The van der Waals surface area contributed by atoms with Crippen LogP contribution in [0.1, 0.15) is 19.8 Å². The van der Waals surface area contributed by atoms with Gasteiger partial charge in [0.1, 0.15) is 5.82 Å². The largest absolute Gasteiger partial charge is 0.343 e. The van der Waals surface area contributed by atoms with Gasteiger partial charge in [-0.25, -0.2) is 9.97 Å². The van der Waals surface area contributed by atoms with Crippen LogP contribution < -0.4 is 5.32 Å². The quantitative estimate of drug-likeness (QED) is 0.745. The summed E-state index contributed by atoms with van der Waals surface area (Å²) in [5.41, 5.74) is 4.26. The summed E-state index contributed by atoms with van der Waals surface area (Å²) >= 11 is 0. The molecule has 0 amide bonds. The molecular weight excluding hydrogens is 308 g/mol. The maximum Gasteiger partial charge on any atom is 0.162 e. The predicted molar refractivity (Wildman–Crippen MR) is 104 cm³/mol. The zero-order chi connectivity index (χ0) is 17.1. The van der Waals surface area contributed by atoms with Crippen LogP contribution in [0, 0.1) is 0 Å². The molecule has 0 unspecified atom stereocenters. The van der Waals surface area contributed by atoms with Crippen molar-refractivity contribution >= 4 is 22.4 Å². The SMILES string of the molecule is CCC1=NCCC(Nc2nc(-c3ccccc3)nc3ccccc23)=C1. The van der Waals surface area contributed by atoms with Gasteiger partial charge in [0.25, 0.3) is 0 Å². The Kier molecular flexibility index (Phi) is 4.25. The number of nitrogens with zero attached hydrogens (tertiary/aromatic N) is 3. The van der Waals surface area contributed by atoms with E-state index in [1.165, 1.54) is 0 Å². The molecule has 0 fully saturated rings.